The van der Waals surface area contributed by atoms with Crippen molar-refractivity contribution in [2.75, 3.05) is 0 Å². The lowest BCUT2D eigenvalue weighted by molar-refractivity contribution is -0.142. The first-order valence-corrected chi connectivity index (χ1v) is 5.92. The fourth-order valence-electron chi connectivity index (χ4n) is 3.01. The Hall–Kier alpha value is -1.39. The van der Waals surface area contributed by atoms with E-state index in [2.05, 4.69) is 14.8 Å². The van der Waals surface area contributed by atoms with Crippen molar-refractivity contribution in [3.8, 4) is 0 Å². The lowest BCUT2D eigenvalue weighted by atomic mass is 9.95. The predicted octanol–water partition coefficient (Wildman–Crippen LogP) is 1.19. The molecule has 2 atom stereocenters. The molecule has 0 aromatic carbocycles. The molecule has 2 unspecified atom stereocenters. The number of aliphatic carboxylic acids is 1. The smallest absolute Gasteiger partial charge is 0.307 e. The summed E-state index contributed by atoms with van der Waals surface area (Å²) >= 11 is 0. The van der Waals surface area contributed by atoms with Crippen molar-refractivity contribution < 1.29 is 9.90 Å². The SMILES string of the molecule is O=C(O)C1CCCC1c1nnc2n1CCC2. The van der Waals surface area contributed by atoms with Crippen molar-refractivity contribution in [3.63, 3.8) is 0 Å². The highest BCUT2D eigenvalue weighted by molar-refractivity contribution is 5.71. The Labute approximate surface area is 93.5 Å². The topological polar surface area (TPSA) is 68.0 Å². The van der Waals surface area contributed by atoms with Crippen molar-refractivity contribution in [1.29, 1.82) is 0 Å². The van der Waals surface area contributed by atoms with Crippen LogP contribution < -0.4 is 0 Å². The van der Waals surface area contributed by atoms with Gasteiger partial charge in [0.05, 0.1) is 5.92 Å². The van der Waals surface area contributed by atoms with Gasteiger partial charge < -0.3 is 9.67 Å². The van der Waals surface area contributed by atoms with Crippen molar-refractivity contribution in [3.05, 3.63) is 11.6 Å². The van der Waals surface area contributed by atoms with E-state index >= 15 is 0 Å². The number of aromatic nitrogens is 3. The molecule has 1 aromatic heterocycles. The largest absolute Gasteiger partial charge is 0.481 e. The zero-order valence-corrected chi connectivity index (χ0v) is 9.09. The van der Waals surface area contributed by atoms with E-state index in [1.165, 1.54) is 0 Å². The summed E-state index contributed by atoms with van der Waals surface area (Å²) in [5.74, 6) is 1.09. The molecule has 2 aliphatic rings. The van der Waals surface area contributed by atoms with Crippen LogP contribution in [-0.2, 0) is 17.8 Å². The molecular weight excluding hydrogens is 206 g/mol. The van der Waals surface area contributed by atoms with Gasteiger partial charge in [-0.2, -0.15) is 0 Å². The summed E-state index contributed by atoms with van der Waals surface area (Å²) in [6, 6.07) is 0. The molecule has 3 rings (SSSR count). The Morgan fingerprint density at radius 1 is 1.31 bits per heavy atom. The Kier molecular flexibility index (Phi) is 2.19. The molecular formula is C11H15N3O2. The first-order valence-electron chi connectivity index (χ1n) is 5.92. The van der Waals surface area contributed by atoms with Gasteiger partial charge >= 0.3 is 5.97 Å². The average molecular weight is 221 g/mol. The zero-order valence-electron chi connectivity index (χ0n) is 9.09. The first kappa shape index (κ1) is 9.81. The molecule has 1 aliphatic heterocycles. The molecule has 1 aromatic rings. The highest BCUT2D eigenvalue weighted by Gasteiger charge is 2.38. The maximum absolute atomic E-state index is 11.1. The van der Waals surface area contributed by atoms with E-state index in [0.717, 1.165) is 50.3 Å². The summed E-state index contributed by atoms with van der Waals surface area (Å²) in [5.41, 5.74) is 0. The lowest BCUT2D eigenvalue weighted by Crippen LogP contribution is -2.19. The van der Waals surface area contributed by atoms with Gasteiger partial charge in [0, 0.05) is 18.9 Å². The van der Waals surface area contributed by atoms with Crippen molar-refractivity contribution in [1.82, 2.24) is 14.8 Å². The molecule has 0 saturated heterocycles. The van der Waals surface area contributed by atoms with Gasteiger partial charge in [-0.3, -0.25) is 4.79 Å². The minimum atomic E-state index is -0.683. The standard InChI is InChI=1S/C11H15N3O2/c15-11(16)8-4-1-3-7(8)10-13-12-9-5-2-6-14(9)10/h7-8H,1-6H2,(H,15,16). The van der Waals surface area contributed by atoms with Crippen LogP contribution in [0.25, 0.3) is 0 Å². The predicted molar refractivity (Wildman–Crippen MR) is 56.1 cm³/mol. The first-order chi connectivity index (χ1) is 7.77. The van der Waals surface area contributed by atoms with E-state index < -0.39 is 5.97 Å². The number of hydrogen-bond donors (Lipinski definition) is 1. The molecule has 1 aliphatic carbocycles. The number of hydrogen-bond acceptors (Lipinski definition) is 3. The molecule has 5 nitrogen and oxygen atoms in total. The number of nitrogens with zero attached hydrogens (tertiary/aromatic N) is 3. The van der Waals surface area contributed by atoms with Crippen molar-refractivity contribution in [2.45, 2.75) is 44.6 Å². The summed E-state index contributed by atoms with van der Waals surface area (Å²) < 4.78 is 2.13. The summed E-state index contributed by atoms with van der Waals surface area (Å²) in [6.07, 6.45) is 4.81. The number of aryl methyl sites for hydroxylation is 1. The fraction of sp³-hybridized carbons (Fsp3) is 0.727. The molecule has 0 radical (unpaired) electrons. The summed E-state index contributed by atoms with van der Waals surface area (Å²) in [5, 5.41) is 17.5. The third-order valence-corrected chi connectivity index (χ3v) is 3.80. The Balaban J connectivity index is 1.94. The summed E-state index contributed by atoms with van der Waals surface area (Å²) in [7, 11) is 0. The van der Waals surface area contributed by atoms with Crippen LogP contribution in [0.5, 0.6) is 0 Å². The van der Waals surface area contributed by atoms with Gasteiger partial charge in [0.15, 0.2) is 0 Å². The van der Waals surface area contributed by atoms with Gasteiger partial charge in [-0.15, -0.1) is 10.2 Å². The van der Waals surface area contributed by atoms with Gasteiger partial charge in [-0.1, -0.05) is 6.42 Å². The van der Waals surface area contributed by atoms with E-state index in [9.17, 15) is 9.90 Å². The van der Waals surface area contributed by atoms with Gasteiger partial charge in [0.2, 0.25) is 0 Å². The van der Waals surface area contributed by atoms with Crippen molar-refractivity contribution in [2.24, 2.45) is 5.92 Å². The van der Waals surface area contributed by atoms with Crippen LogP contribution >= 0.6 is 0 Å². The van der Waals surface area contributed by atoms with Crippen LogP contribution in [-0.4, -0.2) is 25.8 Å². The van der Waals surface area contributed by atoms with Crippen LogP contribution in [0.4, 0.5) is 0 Å². The van der Waals surface area contributed by atoms with E-state index in [1.54, 1.807) is 0 Å². The highest BCUT2D eigenvalue weighted by Crippen LogP contribution is 2.39. The molecule has 1 saturated carbocycles. The Morgan fingerprint density at radius 3 is 3.00 bits per heavy atom. The number of fused-ring (bicyclic) bond motifs is 1. The maximum atomic E-state index is 11.1. The molecule has 2 heterocycles. The zero-order chi connectivity index (χ0) is 11.1. The molecule has 16 heavy (non-hydrogen) atoms. The van der Waals surface area contributed by atoms with Crippen molar-refractivity contribution >= 4 is 5.97 Å². The Bertz CT molecular complexity index is 427. The normalized spacial score (nSPS) is 28.2. The monoisotopic (exact) mass is 221 g/mol. The van der Waals surface area contributed by atoms with Gasteiger partial charge in [-0.25, -0.2) is 0 Å². The number of carboxylic acids is 1. The second-order valence-corrected chi connectivity index (χ2v) is 4.71. The third-order valence-electron chi connectivity index (χ3n) is 3.80. The number of rotatable bonds is 2. The van der Waals surface area contributed by atoms with E-state index in [0.29, 0.717) is 0 Å². The minimum absolute atomic E-state index is 0.0804. The van der Waals surface area contributed by atoms with E-state index in [1.807, 2.05) is 0 Å². The Morgan fingerprint density at radius 2 is 2.19 bits per heavy atom. The molecule has 5 heteroatoms. The van der Waals surface area contributed by atoms with E-state index in [-0.39, 0.29) is 11.8 Å². The lowest BCUT2D eigenvalue weighted by Gasteiger charge is -2.15. The number of carboxylic acid groups (broad SMARTS) is 1. The molecule has 1 fully saturated rings. The second kappa shape index (κ2) is 3.57. The fourth-order valence-corrected chi connectivity index (χ4v) is 3.01. The molecule has 0 bridgehead atoms. The summed E-state index contributed by atoms with van der Waals surface area (Å²) in [6.45, 7) is 0.959. The van der Waals surface area contributed by atoms with E-state index in [4.69, 9.17) is 0 Å². The van der Waals surface area contributed by atoms with Gasteiger partial charge in [0.1, 0.15) is 11.6 Å². The minimum Gasteiger partial charge on any atom is -0.481 e. The van der Waals surface area contributed by atoms with Crippen LogP contribution in [0.15, 0.2) is 0 Å². The van der Waals surface area contributed by atoms with Gasteiger partial charge in [0.25, 0.3) is 0 Å². The molecule has 1 N–H and O–H groups in total. The molecule has 0 amide bonds. The molecule has 86 valence electrons. The molecule has 0 spiro atoms. The maximum Gasteiger partial charge on any atom is 0.307 e. The van der Waals surface area contributed by atoms with Crippen LogP contribution in [0.1, 0.15) is 43.3 Å². The van der Waals surface area contributed by atoms with Gasteiger partial charge in [-0.05, 0) is 19.3 Å². The average Bonchev–Trinajstić information content (AvgIpc) is 2.92. The van der Waals surface area contributed by atoms with Crippen LogP contribution in [0.2, 0.25) is 0 Å². The third kappa shape index (κ3) is 1.34. The summed E-state index contributed by atoms with van der Waals surface area (Å²) in [4.78, 5) is 11.1. The second-order valence-electron chi connectivity index (χ2n) is 4.71. The van der Waals surface area contributed by atoms with Crippen LogP contribution in [0, 0.1) is 5.92 Å². The van der Waals surface area contributed by atoms with Crippen LogP contribution in [0.3, 0.4) is 0 Å². The quantitative estimate of drug-likeness (QED) is 0.814. The highest BCUT2D eigenvalue weighted by atomic mass is 16.4. The number of carbonyl (C=O) groups is 1.